The third-order valence-corrected chi connectivity index (χ3v) is 3.49. The number of nitrogens with zero attached hydrogens (tertiary/aromatic N) is 2. The Morgan fingerprint density at radius 2 is 1.96 bits per heavy atom. The summed E-state index contributed by atoms with van der Waals surface area (Å²) in [4.78, 5) is 23.5. The van der Waals surface area contributed by atoms with Gasteiger partial charge in [0, 0.05) is 12.0 Å². The number of carbonyl (C=O) groups is 2. The summed E-state index contributed by atoms with van der Waals surface area (Å²) in [7, 11) is 0. The number of para-hydroxylation sites is 1. The first kappa shape index (κ1) is 18.0. The molecule has 0 saturated heterocycles. The normalized spacial score (nSPS) is 9.96. The smallest absolute Gasteiger partial charge is 0.276 e. The van der Waals surface area contributed by atoms with Crippen LogP contribution in [0.4, 0.5) is 0 Å². The molecule has 2 aromatic rings. The summed E-state index contributed by atoms with van der Waals surface area (Å²) in [6.07, 6.45) is 0.649. The minimum Gasteiger partial charge on any atom is -0.482 e. The minimum atomic E-state index is -0.529. The highest BCUT2D eigenvalue weighted by Crippen LogP contribution is 2.16. The van der Waals surface area contributed by atoms with Crippen molar-refractivity contribution in [2.45, 2.75) is 26.7 Å². The Hall–Kier alpha value is -3.34. The number of amides is 2. The van der Waals surface area contributed by atoms with Crippen LogP contribution in [0.15, 0.2) is 28.8 Å². The molecule has 0 radical (unpaired) electrons. The maximum absolute atomic E-state index is 11.8. The number of ether oxygens (including phenoxy) is 1. The van der Waals surface area contributed by atoms with Gasteiger partial charge < -0.3 is 9.26 Å². The van der Waals surface area contributed by atoms with Gasteiger partial charge in [0.25, 0.3) is 5.91 Å². The molecule has 25 heavy (non-hydrogen) atoms. The van der Waals surface area contributed by atoms with Crippen LogP contribution >= 0.6 is 0 Å². The Labute approximate surface area is 144 Å². The average Bonchev–Trinajstić information content (AvgIpc) is 2.94. The van der Waals surface area contributed by atoms with Crippen LogP contribution < -0.4 is 15.6 Å². The Morgan fingerprint density at radius 1 is 1.24 bits per heavy atom. The molecule has 2 N–H and O–H groups in total. The Bertz CT molecular complexity index is 788. The van der Waals surface area contributed by atoms with Gasteiger partial charge in [-0.2, -0.15) is 5.26 Å². The van der Waals surface area contributed by atoms with E-state index < -0.39 is 5.91 Å². The van der Waals surface area contributed by atoms with Gasteiger partial charge in [0.2, 0.25) is 5.91 Å². The summed E-state index contributed by atoms with van der Waals surface area (Å²) in [5.41, 5.74) is 6.55. The minimum absolute atomic E-state index is 0.182. The highest BCUT2D eigenvalue weighted by Gasteiger charge is 2.12. The number of carbonyl (C=O) groups excluding carboxylic acids is 2. The lowest BCUT2D eigenvalue weighted by Crippen LogP contribution is -2.43. The summed E-state index contributed by atoms with van der Waals surface area (Å²) in [6.45, 7) is 3.27. The number of rotatable bonds is 6. The first-order valence-corrected chi connectivity index (χ1v) is 7.62. The number of aryl methyl sites for hydroxylation is 2. The Kier molecular flexibility index (Phi) is 6.12. The van der Waals surface area contributed by atoms with E-state index in [1.807, 2.05) is 13.0 Å². The summed E-state index contributed by atoms with van der Waals surface area (Å²) >= 11 is 0. The third-order valence-electron chi connectivity index (χ3n) is 3.49. The van der Waals surface area contributed by atoms with Crippen molar-refractivity contribution in [3.8, 4) is 11.8 Å². The van der Waals surface area contributed by atoms with Gasteiger partial charge >= 0.3 is 0 Å². The standard InChI is InChI=1S/C17H18N4O4/c1-11-14(12(2)25-21-11)7-8-16(22)19-20-17(23)10-24-15-6-4-3-5-13(15)9-18/h3-6H,7-8,10H2,1-2H3,(H,19,22)(H,20,23). The topological polar surface area (TPSA) is 117 Å². The second kappa shape index (κ2) is 8.49. The lowest BCUT2D eigenvalue weighted by molar-refractivity contribution is -0.130. The number of nitriles is 1. The van der Waals surface area contributed by atoms with Gasteiger partial charge in [-0.1, -0.05) is 17.3 Å². The molecule has 0 aliphatic carbocycles. The van der Waals surface area contributed by atoms with Gasteiger partial charge in [-0.05, 0) is 32.4 Å². The number of aromatic nitrogens is 1. The van der Waals surface area contributed by atoms with Crippen LogP contribution in [0.5, 0.6) is 5.75 Å². The lowest BCUT2D eigenvalue weighted by atomic mass is 10.1. The van der Waals surface area contributed by atoms with Crippen LogP contribution in [0.3, 0.4) is 0 Å². The molecule has 8 heteroatoms. The van der Waals surface area contributed by atoms with Gasteiger partial charge in [-0.3, -0.25) is 20.4 Å². The number of hydrogen-bond donors (Lipinski definition) is 2. The molecular weight excluding hydrogens is 324 g/mol. The quantitative estimate of drug-likeness (QED) is 0.765. The van der Waals surface area contributed by atoms with Crippen LogP contribution in [0.2, 0.25) is 0 Å². The van der Waals surface area contributed by atoms with Crippen molar-refractivity contribution < 1.29 is 18.8 Å². The van der Waals surface area contributed by atoms with Gasteiger partial charge in [0.05, 0.1) is 11.3 Å². The van der Waals surface area contributed by atoms with Crippen molar-refractivity contribution in [1.29, 1.82) is 5.26 Å². The molecule has 0 spiro atoms. The number of hydrazine groups is 1. The number of hydrogen-bond acceptors (Lipinski definition) is 6. The molecular formula is C17H18N4O4. The summed E-state index contributed by atoms with van der Waals surface area (Å²) < 4.78 is 10.3. The summed E-state index contributed by atoms with van der Waals surface area (Å²) in [6, 6.07) is 8.55. The first-order chi connectivity index (χ1) is 12.0. The van der Waals surface area contributed by atoms with E-state index in [1.165, 1.54) is 0 Å². The monoisotopic (exact) mass is 342 g/mol. The number of benzene rings is 1. The maximum atomic E-state index is 11.8. The zero-order valence-corrected chi connectivity index (χ0v) is 14.0. The van der Waals surface area contributed by atoms with E-state index in [0.29, 0.717) is 23.5 Å². The van der Waals surface area contributed by atoms with E-state index in [9.17, 15) is 9.59 Å². The van der Waals surface area contributed by atoms with Crippen molar-refractivity contribution in [3.63, 3.8) is 0 Å². The van der Waals surface area contributed by atoms with Gasteiger partial charge in [0.15, 0.2) is 6.61 Å². The third kappa shape index (κ3) is 5.07. The molecule has 0 bridgehead atoms. The molecule has 1 heterocycles. The molecule has 8 nitrogen and oxygen atoms in total. The number of nitrogens with one attached hydrogen (secondary N) is 2. The van der Waals surface area contributed by atoms with Crippen molar-refractivity contribution in [3.05, 3.63) is 46.8 Å². The van der Waals surface area contributed by atoms with Crippen molar-refractivity contribution in [2.75, 3.05) is 6.61 Å². The van der Waals surface area contributed by atoms with Crippen LogP contribution in [-0.4, -0.2) is 23.6 Å². The first-order valence-electron chi connectivity index (χ1n) is 7.62. The van der Waals surface area contributed by atoms with E-state index in [0.717, 1.165) is 11.3 Å². The van der Waals surface area contributed by atoms with Crippen molar-refractivity contribution in [2.24, 2.45) is 0 Å². The summed E-state index contributed by atoms with van der Waals surface area (Å²) in [5.74, 6) is 0.119. The fraction of sp³-hybridized carbons (Fsp3) is 0.294. The van der Waals surface area contributed by atoms with Crippen molar-refractivity contribution >= 4 is 11.8 Å². The van der Waals surface area contributed by atoms with Gasteiger partial charge in [-0.15, -0.1) is 0 Å². The SMILES string of the molecule is Cc1noc(C)c1CCC(=O)NNC(=O)COc1ccccc1C#N. The van der Waals surface area contributed by atoms with E-state index >= 15 is 0 Å². The van der Waals surface area contributed by atoms with Crippen LogP contribution in [0.1, 0.15) is 29.0 Å². The van der Waals surface area contributed by atoms with Crippen LogP contribution in [0.25, 0.3) is 0 Å². The van der Waals surface area contributed by atoms with Crippen LogP contribution in [0, 0.1) is 25.2 Å². The largest absolute Gasteiger partial charge is 0.482 e. The second-order valence-corrected chi connectivity index (χ2v) is 5.30. The predicted octanol–water partition coefficient (Wildman–Crippen LogP) is 1.32. The molecule has 2 rings (SSSR count). The van der Waals surface area contributed by atoms with Crippen molar-refractivity contribution in [1.82, 2.24) is 16.0 Å². The molecule has 1 aromatic heterocycles. The summed E-state index contributed by atoms with van der Waals surface area (Å²) in [5, 5.41) is 12.8. The zero-order chi connectivity index (χ0) is 18.2. The second-order valence-electron chi connectivity index (χ2n) is 5.30. The maximum Gasteiger partial charge on any atom is 0.276 e. The Balaban J connectivity index is 1.72. The van der Waals surface area contributed by atoms with E-state index in [-0.39, 0.29) is 18.9 Å². The van der Waals surface area contributed by atoms with E-state index in [4.69, 9.17) is 14.5 Å². The molecule has 1 aromatic carbocycles. The molecule has 0 aliphatic rings. The Morgan fingerprint density at radius 3 is 2.64 bits per heavy atom. The van der Waals surface area contributed by atoms with Crippen LogP contribution in [-0.2, 0) is 16.0 Å². The van der Waals surface area contributed by atoms with Gasteiger partial charge in [-0.25, -0.2) is 0 Å². The molecule has 0 fully saturated rings. The lowest BCUT2D eigenvalue weighted by Gasteiger charge is -2.09. The molecule has 0 saturated carbocycles. The fourth-order valence-electron chi connectivity index (χ4n) is 2.16. The highest BCUT2D eigenvalue weighted by atomic mass is 16.5. The highest BCUT2D eigenvalue weighted by molar-refractivity contribution is 5.82. The average molecular weight is 342 g/mol. The fourth-order valence-corrected chi connectivity index (χ4v) is 2.16. The van der Waals surface area contributed by atoms with E-state index in [2.05, 4.69) is 16.0 Å². The molecule has 0 aliphatic heterocycles. The molecule has 130 valence electrons. The molecule has 0 unspecified atom stereocenters. The molecule has 2 amide bonds. The van der Waals surface area contributed by atoms with E-state index in [1.54, 1.807) is 31.2 Å². The zero-order valence-electron chi connectivity index (χ0n) is 14.0. The molecule has 0 atom stereocenters. The predicted molar refractivity (Wildman–Crippen MR) is 87.2 cm³/mol. The van der Waals surface area contributed by atoms with Gasteiger partial charge in [0.1, 0.15) is 17.6 Å².